The number of hydrogen-bond donors (Lipinski definition) is 2. The van der Waals surface area contributed by atoms with Gasteiger partial charge in [0.15, 0.2) is 6.10 Å². The molecule has 0 aromatic carbocycles. The predicted octanol–water partition coefficient (Wildman–Crippen LogP) is 23.0. The van der Waals surface area contributed by atoms with Gasteiger partial charge in [-0.25, -0.2) is 4.57 Å². The average molecular weight is 1180 g/mol. The van der Waals surface area contributed by atoms with Gasteiger partial charge in [0.25, 0.3) is 0 Å². The Hall–Kier alpha value is -2.81. The van der Waals surface area contributed by atoms with Gasteiger partial charge in [-0.3, -0.25) is 18.6 Å². The van der Waals surface area contributed by atoms with E-state index in [1.165, 1.54) is 231 Å². The maximum atomic E-state index is 12.8. The van der Waals surface area contributed by atoms with Crippen LogP contribution in [0, 0.1) is 0 Å². The summed E-state index contributed by atoms with van der Waals surface area (Å²) in [6.07, 6.45) is 91.0. The summed E-state index contributed by atoms with van der Waals surface area (Å²) in [5.41, 5.74) is 5.40. The summed E-state index contributed by atoms with van der Waals surface area (Å²) in [5.74, 6) is -0.815. The van der Waals surface area contributed by atoms with Crippen LogP contribution in [-0.2, 0) is 32.7 Å². The topological polar surface area (TPSA) is 134 Å². The van der Waals surface area contributed by atoms with Gasteiger partial charge in [-0.05, 0) is 89.9 Å². The molecule has 9 nitrogen and oxygen atoms in total. The van der Waals surface area contributed by atoms with Crippen molar-refractivity contribution in [3.05, 3.63) is 85.1 Å². The monoisotopic (exact) mass is 1180 g/mol. The van der Waals surface area contributed by atoms with E-state index in [1.807, 2.05) is 0 Å². The minimum atomic E-state index is -4.40. The molecule has 0 fully saturated rings. The molecule has 0 saturated carbocycles. The van der Waals surface area contributed by atoms with Crippen molar-refractivity contribution >= 4 is 19.8 Å². The number of phosphoric acid groups is 1. The summed E-state index contributed by atoms with van der Waals surface area (Å²) in [4.78, 5) is 35.4. The molecule has 0 aliphatic carbocycles. The van der Waals surface area contributed by atoms with Crippen molar-refractivity contribution in [1.82, 2.24) is 0 Å². The van der Waals surface area contributed by atoms with Gasteiger partial charge in [-0.2, -0.15) is 0 Å². The molecule has 3 N–H and O–H groups in total. The SMILES string of the molecule is CC/C=C\C/C=C\C/C=C\C/C=C\CCCCCCCCCCCCCCCCCCCCCCC(=O)OC(COC(=O)CCCCCCCCCCCCCCCC/C=C\C/C=C\C/C=C\CCCCCCC)COP(=O)(O)OCCN. The third-order valence-electron chi connectivity index (χ3n) is 15.3. The van der Waals surface area contributed by atoms with Gasteiger partial charge >= 0.3 is 19.8 Å². The molecule has 83 heavy (non-hydrogen) atoms. The lowest BCUT2D eigenvalue weighted by molar-refractivity contribution is -0.161. The Labute approximate surface area is 513 Å². The summed E-state index contributed by atoms with van der Waals surface area (Å²) < 4.78 is 33.2. The van der Waals surface area contributed by atoms with E-state index >= 15 is 0 Å². The Morgan fingerprint density at radius 3 is 0.988 bits per heavy atom. The van der Waals surface area contributed by atoms with Crippen molar-refractivity contribution < 1.29 is 37.6 Å². The lowest BCUT2D eigenvalue weighted by Gasteiger charge is -2.19. The van der Waals surface area contributed by atoms with Gasteiger partial charge in [-0.15, -0.1) is 0 Å². The van der Waals surface area contributed by atoms with Crippen molar-refractivity contribution in [3.63, 3.8) is 0 Å². The Bertz CT molecular complexity index is 1640. The third kappa shape index (κ3) is 68.2. The Kier molecular flexibility index (Phi) is 66.0. The highest BCUT2D eigenvalue weighted by Gasteiger charge is 2.26. The van der Waals surface area contributed by atoms with Crippen molar-refractivity contribution in [1.29, 1.82) is 0 Å². The number of allylic oxidation sites excluding steroid dienone is 14. The first-order valence-electron chi connectivity index (χ1n) is 35.1. The summed E-state index contributed by atoms with van der Waals surface area (Å²) >= 11 is 0. The first-order valence-corrected chi connectivity index (χ1v) is 36.6. The number of phosphoric ester groups is 1. The molecule has 10 heteroatoms. The van der Waals surface area contributed by atoms with Gasteiger partial charge in [-0.1, -0.05) is 317 Å². The number of nitrogens with two attached hydrogens (primary N) is 1. The second-order valence-electron chi connectivity index (χ2n) is 23.4. The number of carbonyl (C=O) groups excluding carboxylic acids is 2. The van der Waals surface area contributed by atoms with E-state index < -0.39 is 26.5 Å². The van der Waals surface area contributed by atoms with Crippen molar-refractivity contribution in [2.45, 2.75) is 341 Å². The molecule has 2 unspecified atom stereocenters. The molecule has 0 heterocycles. The van der Waals surface area contributed by atoms with Gasteiger partial charge in [0.1, 0.15) is 6.61 Å². The van der Waals surface area contributed by atoms with E-state index in [-0.39, 0.29) is 38.6 Å². The van der Waals surface area contributed by atoms with Crippen molar-refractivity contribution in [2.75, 3.05) is 26.4 Å². The smallest absolute Gasteiger partial charge is 0.462 e. The molecule has 0 amide bonds. The zero-order valence-electron chi connectivity index (χ0n) is 54.2. The van der Waals surface area contributed by atoms with Crippen LogP contribution in [0.1, 0.15) is 335 Å². The fourth-order valence-corrected chi connectivity index (χ4v) is 10.9. The Morgan fingerprint density at radius 2 is 0.663 bits per heavy atom. The lowest BCUT2D eigenvalue weighted by atomic mass is 10.0. The molecular weight excluding hydrogens is 1050 g/mol. The van der Waals surface area contributed by atoms with Gasteiger partial charge in [0.05, 0.1) is 13.2 Å². The molecule has 0 rings (SSSR count). The van der Waals surface area contributed by atoms with E-state index in [0.29, 0.717) is 6.42 Å². The van der Waals surface area contributed by atoms with Gasteiger partial charge < -0.3 is 20.1 Å². The molecule has 0 spiro atoms. The second-order valence-corrected chi connectivity index (χ2v) is 24.8. The predicted molar refractivity (Wildman–Crippen MR) is 358 cm³/mol. The zero-order chi connectivity index (χ0) is 60.1. The third-order valence-corrected chi connectivity index (χ3v) is 16.2. The highest BCUT2D eigenvalue weighted by Crippen LogP contribution is 2.43. The normalized spacial score (nSPS) is 13.4. The Morgan fingerprint density at radius 1 is 0.373 bits per heavy atom. The molecule has 0 bridgehead atoms. The molecule has 0 aliphatic heterocycles. The van der Waals surface area contributed by atoms with E-state index in [2.05, 4.69) is 98.9 Å². The molecule has 0 aromatic rings. The summed E-state index contributed by atoms with van der Waals surface area (Å²) in [7, 11) is -4.40. The number of esters is 2. The molecule has 482 valence electrons. The van der Waals surface area contributed by atoms with E-state index in [9.17, 15) is 19.0 Å². The minimum Gasteiger partial charge on any atom is -0.462 e. The van der Waals surface area contributed by atoms with Crippen LogP contribution in [0.5, 0.6) is 0 Å². The molecule has 0 saturated heterocycles. The maximum Gasteiger partial charge on any atom is 0.472 e. The standard InChI is InChI=1S/C73H132NO8P/c1-3-5-7-9-11-13-15-17-19-21-23-25-27-29-31-33-34-35-36-38-40-42-44-46-48-50-52-54-56-58-60-62-64-66-73(76)82-71(70-81-83(77,78)80-68-67-74)69-79-72(75)65-63-61-59-57-55-53-51-49-47-45-43-41-39-37-32-30-28-26-24-22-20-18-16-14-12-10-8-6-4-2/h5,7,11,13,16-19,22-25,28,30,71H,3-4,6,8-10,12,14-15,20-21,26-27,29,31-70,74H2,1-2H3,(H,77,78)/b7-5-,13-11-,18-16-,19-17-,24-22-,25-23-,30-28-. The number of ether oxygens (including phenoxy) is 2. The molecule has 2 atom stereocenters. The average Bonchev–Trinajstić information content (AvgIpc) is 3.49. The highest BCUT2D eigenvalue weighted by atomic mass is 31.2. The van der Waals surface area contributed by atoms with Crippen LogP contribution in [0.3, 0.4) is 0 Å². The van der Waals surface area contributed by atoms with Crippen LogP contribution in [0.4, 0.5) is 0 Å². The fraction of sp³-hybridized carbons (Fsp3) is 0.781. The first-order chi connectivity index (χ1) is 40.8. The Balaban J connectivity index is 3.85. The highest BCUT2D eigenvalue weighted by molar-refractivity contribution is 7.47. The number of carbonyl (C=O) groups is 2. The first kappa shape index (κ1) is 80.2. The van der Waals surface area contributed by atoms with E-state index in [4.69, 9.17) is 24.3 Å². The molecular formula is C73H132NO8P. The van der Waals surface area contributed by atoms with Crippen LogP contribution in [0.15, 0.2) is 85.1 Å². The van der Waals surface area contributed by atoms with Crippen LogP contribution in [0.2, 0.25) is 0 Å². The van der Waals surface area contributed by atoms with Gasteiger partial charge in [0.2, 0.25) is 0 Å². The molecule has 0 radical (unpaired) electrons. The largest absolute Gasteiger partial charge is 0.472 e. The van der Waals surface area contributed by atoms with E-state index in [1.54, 1.807) is 0 Å². The van der Waals surface area contributed by atoms with Crippen LogP contribution in [0.25, 0.3) is 0 Å². The van der Waals surface area contributed by atoms with Crippen LogP contribution in [-0.4, -0.2) is 49.3 Å². The molecule has 0 aromatic heterocycles. The van der Waals surface area contributed by atoms with E-state index in [0.717, 1.165) is 70.6 Å². The van der Waals surface area contributed by atoms with Crippen LogP contribution < -0.4 is 5.73 Å². The molecule has 0 aliphatic rings. The van der Waals surface area contributed by atoms with Crippen molar-refractivity contribution in [3.8, 4) is 0 Å². The van der Waals surface area contributed by atoms with Crippen molar-refractivity contribution in [2.24, 2.45) is 5.73 Å². The number of unbranched alkanes of at least 4 members (excludes halogenated alkanes) is 39. The quantitative estimate of drug-likeness (QED) is 0.0264. The number of hydrogen-bond acceptors (Lipinski definition) is 8. The van der Waals surface area contributed by atoms with Gasteiger partial charge in [0, 0.05) is 19.4 Å². The minimum absolute atomic E-state index is 0.0526. The lowest BCUT2D eigenvalue weighted by Crippen LogP contribution is -2.29. The van der Waals surface area contributed by atoms with Crippen LogP contribution >= 0.6 is 7.82 Å². The zero-order valence-corrected chi connectivity index (χ0v) is 55.1. The maximum absolute atomic E-state index is 12.8. The summed E-state index contributed by atoms with van der Waals surface area (Å²) in [5, 5.41) is 0. The summed E-state index contributed by atoms with van der Waals surface area (Å²) in [6, 6.07) is 0. The summed E-state index contributed by atoms with van der Waals surface area (Å²) in [6.45, 7) is 3.67. The second kappa shape index (κ2) is 68.3. The number of rotatable bonds is 66. The fourth-order valence-electron chi connectivity index (χ4n) is 10.1.